The Bertz CT molecular complexity index is 1940. The summed E-state index contributed by atoms with van der Waals surface area (Å²) >= 11 is 0. The average Bonchev–Trinajstić information content (AvgIpc) is 3.80. The summed E-state index contributed by atoms with van der Waals surface area (Å²) in [5.41, 5.74) is 0.754. The fraction of sp³-hybridized carbons (Fsp3) is 0.667. The Morgan fingerprint density at radius 1 is 0.838 bits per heavy atom. The van der Waals surface area contributed by atoms with E-state index in [1.54, 1.807) is 43.2 Å². The molecule has 1 N–H and O–H groups in total. The lowest BCUT2D eigenvalue weighted by Crippen LogP contribution is -2.54. The Kier molecular flexibility index (Phi) is 24.0. The first kappa shape index (κ1) is 58.3. The third-order valence-electron chi connectivity index (χ3n) is 13.6. The molecule has 380 valence electrons. The molecule has 0 saturated carbocycles. The molecule has 2 aromatic carbocycles. The van der Waals surface area contributed by atoms with Gasteiger partial charge in [-0.1, -0.05) is 114 Å². The highest BCUT2D eigenvalue weighted by Gasteiger charge is 2.44. The molecule has 0 radical (unpaired) electrons. The highest BCUT2D eigenvalue weighted by Crippen LogP contribution is 2.36. The number of carbonyl (C=O) groups is 5. The van der Waals surface area contributed by atoms with Crippen LogP contribution in [0.15, 0.2) is 59.5 Å². The van der Waals surface area contributed by atoms with Crippen LogP contribution >= 0.6 is 21.6 Å². The van der Waals surface area contributed by atoms with E-state index in [1.807, 2.05) is 92.6 Å². The number of likely N-dealkylation sites (tertiary alicyclic amines) is 1. The number of nitro groups is 1. The van der Waals surface area contributed by atoms with Crippen LogP contribution in [0.1, 0.15) is 113 Å². The number of non-ortho nitro benzene ring substituents is 1. The quantitative estimate of drug-likeness (QED) is 0.0484. The summed E-state index contributed by atoms with van der Waals surface area (Å²) in [5.74, 6) is -2.94. The van der Waals surface area contributed by atoms with E-state index >= 15 is 0 Å². The lowest BCUT2D eigenvalue weighted by molar-refractivity contribution is -0.384. The number of ether oxygens (including phenoxy) is 3. The predicted molar refractivity (Wildman–Crippen MR) is 268 cm³/mol. The zero-order chi connectivity index (χ0) is 51.0. The molecule has 3 rings (SSSR count). The van der Waals surface area contributed by atoms with Crippen LogP contribution in [-0.2, 0) is 33.4 Å². The summed E-state index contributed by atoms with van der Waals surface area (Å²) in [4.78, 5) is 86.5. The van der Waals surface area contributed by atoms with Crippen molar-refractivity contribution in [3.05, 3.63) is 70.3 Å². The molecule has 68 heavy (non-hydrogen) atoms. The summed E-state index contributed by atoms with van der Waals surface area (Å²) < 4.78 is 17.7. The van der Waals surface area contributed by atoms with Gasteiger partial charge in [-0.05, 0) is 61.1 Å². The van der Waals surface area contributed by atoms with E-state index in [0.717, 1.165) is 16.9 Å². The van der Waals surface area contributed by atoms with E-state index < -0.39 is 53.2 Å². The zero-order valence-electron chi connectivity index (χ0n) is 42.5. The number of aliphatic hydroxyl groups is 1. The van der Waals surface area contributed by atoms with Gasteiger partial charge in [-0.2, -0.15) is 0 Å². The van der Waals surface area contributed by atoms with Gasteiger partial charge in [0.2, 0.25) is 11.8 Å². The van der Waals surface area contributed by atoms with Gasteiger partial charge in [0.05, 0.1) is 47.8 Å². The monoisotopic (exact) mass is 987 g/mol. The van der Waals surface area contributed by atoms with Crippen molar-refractivity contribution >= 4 is 56.7 Å². The number of hydrogen-bond acceptors (Lipinski definition) is 13. The molecule has 0 bridgehead atoms. The number of likely N-dealkylation sites (N-methyl/N-ethyl adjacent to an activating group) is 2. The fourth-order valence-electron chi connectivity index (χ4n) is 9.37. The van der Waals surface area contributed by atoms with E-state index in [0.29, 0.717) is 19.4 Å². The van der Waals surface area contributed by atoms with Gasteiger partial charge >= 0.3 is 6.09 Å². The van der Waals surface area contributed by atoms with E-state index in [2.05, 4.69) is 0 Å². The minimum absolute atomic E-state index is 0.00356. The van der Waals surface area contributed by atoms with Crippen molar-refractivity contribution in [2.75, 3.05) is 41.5 Å². The van der Waals surface area contributed by atoms with Crippen LogP contribution in [-0.4, -0.2) is 131 Å². The maximum Gasteiger partial charge on any atom is 0.410 e. The molecule has 1 heterocycles. The van der Waals surface area contributed by atoms with Crippen LogP contribution in [0.2, 0.25) is 0 Å². The van der Waals surface area contributed by atoms with Crippen LogP contribution in [0.5, 0.6) is 0 Å². The van der Waals surface area contributed by atoms with Gasteiger partial charge in [-0.3, -0.25) is 29.3 Å². The second-order valence-corrected chi connectivity index (χ2v) is 21.9. The number of ketones is 2. The molecule has 0 spiro atoms. The summed E-state index contributed by atoms with van der Waals surface area (Å²) in [6, 6.07) is 13.7. The van der Waals surface area contributed by atoms with Crippen LogP contribution in [0, 0.1) is 45.6 Å². The third kappa shape index (κ3) is 16.0. The summed E-state index contributed by atoms with van der Waals surface area (Å²) in [6.07, 6.45) is -0.598. The number of nitrogens with zero attached hydrogens (tertiary/aromatic N) is 4. The number of nitro benzene ring substituents is 1. The summed E-state index contributed by atoms with van der Waals surface area (Å²) in [5, 5.41) is 21.8. The number of rotatable bonds is 28. The Morgan fingerprint density at radius 3 is 2.01 bits per heavy atom. The average molecular weight is 987 g/mol. The van der Waals surface area contributed by atoms with Gasteiger partial charge in [-0.15, -0.1) is 0 Å². The van der Waals surface area contributed by atoms with Gasteiger partial charge in [0.1, 0.15) is 12.4 Å². The Morgan fingerprint density at radius 2 is 1.47 bits per heavy atom. The van der Waals surface area contributed by atoms with E-state index in [4.69, 9.17) is 14.2 Å². The van der Waals surface area contributed by atoms with Crippen LogP contribution in [0.3, 0.4) is 0 Å². The van der Waals surface area contributed by atoms with Crippen molar-refractivity contribution in [3.63, 3.8) is 0 Å². The van der Waals surface area contributed by atoms with Crippen molar-refractivity contribution in [1.82, 2.24) is 14.7 Å². The van der Waals surface area contributed by atoms with E-state index in [-0.39, 0.29) is 89.9 Å². The minimum Gasteiger partial charge on any atom is -0.448 e. The molecule has 1 aliphatic heterocycles. The maximum absolute atomic E-state index is 14.7. The first-order valence-electron chi connectivity index (χ1n) is 24.0. The molecule has 17 heteroatoms. The number of benzene rings is 2. The SMILES string of the molecule is CC[C@H](C)[C@@H]([C@@H](CC(=O)N1CCC[C@H]1[C@H](OC)[C@@H](C)C(=O)C[C@H](C)[C@@H](O)c1ccccc1)OC)N(C)C(=O)[C@@H](CC(=O)[C@H](C(C)C)N(C)C(=O)OC[C@@H](C)SSc1ccc([N+](=O)[O-])cc1)C(C)C. The van der Waals surface area contributed by atoms with E-state index in [9.17, 15) is 39.2 Å². The largest absolute Gasteiger partial charge is 0.448 e. The molecule has 0 unspecified atom stereocenters. The molecule has 1 saturated heterocycles. The smallest absolute Gasteiger partial charge is 0.410 e. The van der Waals surface area contributed by atoms with Gasteiger partial charge < -0.3 is 34.0 Å². The second-order valence-electron chi connectivity index (χ2n) is 19.2. The lowest BCUT2D eigenvalue weighted by Gasteiger charge is -2.41. The fourth-order valence-corrected chi connectivity index (χ4v) is 11.3. The molecular weight excluding hydrogens is 909 g/mol. The molecule has 11 atom stereocenters. The standard InChI is InChI=1S/C51H78N4O11S2/c1-14-33(6)47(44(64-12)29-45(58)54-26-18-21-41(54)49(65-13)36(9)42(56)27-34(7)48(59)37-19-16-15-17-20-37)52(10)50(60)40(31(2)3)28-43(57)46(32(4)5)53(11)51(61)66-30-35(8)67-68-39-24-22-38(23-25-39)55(62)63/h15-17,19-20,22-25,31-36,40-41,44,46-49,59H,14,18,21,26-30H2,1-13H3/t33-,34-,35+,36-,40-,41-,44+,46-,47-,48+,49+/m0/s1. The molecular formula is C51H78N4O11S2. The van der Waals surface area contributed by atoms with Crippen LogP contribution in [0.4, 0.5) is 10.5 Å². The summed E-state index contributed by atoms with van der Waals surface area (Å²) in [7, 11) is 9.21. The van der Waals surface area contributed by atoms with Crippen molar-refractivity contribution in [2.24, 2.45) is 35.5 Å². The highest BCUT2D eigenvalue weighted by molar-refractivity contribution is 8.76. The molecule has 3 amide bonds. The predicted octanol–water partition coefficient (Wildman–Crippen LogP) is 9.30. The third-order valence-corrected chi connectivity index (χ3v) is 16.4. The normalized spacial score (nSPS) is 18.4. The maximum atomic E-state index is 14.7. The summed E-state index contributed by atoms with van der Waals surface area (Å²) in [6.45, 7) is 17.7. The second kappa shape index (κ2) is 28.0. The van der Waals surface area contributed by atoms with E-state index in [1.165, 1.54) is 45.7 Å². The Hall–Kier alpha value is -4.03. The van der Waals surface area contributed by atoms with Crippen LogP contribution < -0.4 is 0 Å². The van der Waals surface area contributed by atoms with Gasteiger partial charge in [0, 0.05) is 81.8 Å². The minimum atomic E-state index is -0.861. The van der Waals surface area contributed by atoms with Crippen molar-refractivity contribution in [2.45, 2.75) is 147 Å². The number of carbonyl (C=O) groups excluding carboxylic acids is 5. The number of Topliss-reactive ketones (excluding diaryl/α,β-unsaturated/α-hetero) is 2. The molecule has 1 fully saturated rings. The first-order chi connectivity index (χ1) is 32.1. The van der Waals surface area contributed by atoms with Crippen molar-refractivity contribution < 1.29 is 48.2 Å². The highest BCUT2D eigenvalue weighted by atomic mass is 33.1. The van der Waals surface area contributed by atoms with Crippen molar-refractivity contribution in [1.29, 1.82) is 0 Å². The molecule has 15 nitrogen and oxygen atoms in total. The van der Waals surface area contributed by atoms with Gasteiger partial charge in [0.25, 0.3) is 5.69 Å². The molecule has 1 aliphatic rings. The molecule has 0 aliphatic carbocycles. The topological polar surface area (TPSA) is 186 Å². The van der Waals surface area contributed by atoms with Crippen molar-refractivity contribution in [3.8, 4) is 0 Å². The Balaban J connectivity index is 1.70. The number of methoxy groups -OCH3 is 2. The molecule has 2 aromatic rings. The van der Waals surface area contributed by atoms with Crippen LogP contribution in [0.25, 0.3) is 0 Å². The zero-order valence-corrected chi connectivity index (χ0v) is 44.1. The number of amides is 3. The number of hydrogen-bond donors (Lipinski definition) is 1. The molecule has 0 aromatic heterocycles. The van der Waals surface area contributed by atoms with Gasteiger partial charge in [0.15, 0.2) is 5.78 Å². The lowest BCUT2D eigenvalue weighted by atomic mass is 9.83. The van der Waals surface area contributed by atoms with Gasteiger partial charge in [-0.25, -0.2) is 4.79 Å². The Labute approximate surface area is 412 Å². The first-order valence-corrected chi connectivity index (χ1v) is 26.2. The number of aliphatic hydroxyl groups excluding tert-OH is 1.